The fourth-order valence-electron chi connectivity index (χ4n) is 0.728. The molecule has 2 aliphatic rings. The molecule has 2 fully saturated rings. The fourth-order valence-corrected chi connectivity index (χ4v) is 0.728. The molecule has 16 heavy (non-hydrogen) atoms. The molecule has 2 saturated heterocycles. The Morgan fingerprint density at radius 2 is 1.00 bits per heavy atom. The molecule has 5 N–H and O–H groups in total. The summed E-state index contributed by atoms with van der Waals surface area (Å²) in [6, 6.07) is 0. The van der Waals surface area contributed by atoms with Crippen molar-refractivity contribution >= 4 is 82.1 Å². The zero-order valence-electron chi connectivity index (χ0n) is 9.87. The Bertz CT molecular complexity index is 163. The van der Waals surface area contributed by atoms with Gasteiger partial charge in [-0.25, -0.2) is 0 Å². The summed E-state index contributed by atoms with van der Waals surface area (Å²) in [4.78, 5) is 0. The van der Waals surface area contributed by atoms with E-state index in [1.54, 1.807) is 0 Å². The van der Waals surface area contributed by atoms with Crippen molar-refractivity contribution in [2.75, 3.05) is 0 Å². The van der Waals surface area contributed by atoms with E-state index in [-0.39, 0.29) is 48.3 Å². The average molecular weight is 309 g/mol. The van der Waals surface area contributed by atoms with E-state index in [1.165, 1.54) is 0 Å². The number of fused-ring (bicyclic) bond motifs is 2. The van der Waals surface area contributed by atoms with Crippen LogP contribution >= 0.6 is 0 Å². The number of hydrogen-bond donors (Lipinski definition) is 5. The Kier molecular flexibility index (Phi) is 9.24. The molecular weight excluding hydrogens is 302 g/mol. The summed E-state index contributed by atoms with van der Waals surface area (Å²) >= 11 is 0. The van der Waals surface area contributed by atoms with Gasteiger partial charge in [0.1, 0.15) is 0 Å². The number of hydrogen-bond acceptors (Lipinski definition) is 10. The van der Waals surface area contributed by atoms with Gasteiger partial charge >= 0.3 is 82.1 Å². The smallest absolute Gasteiger partial charge is 1.00 e. The van der Waals surface area contributed by atoms with Crippen LogP contribution in [0.25, 0.3) is 0 Å². The summed E-state index contributed by atoms with van der Waals surface area (Å²) in [5.74, 6) is 0. The van der Waals surface area contributed by atoms with Gasteiger partial charge in [-0.1, -0.05) is 0 Å². The van der Waals surface area contributed by atoms with Crippen molar-refractivity contribution in [3.63, 3.8) is 0 Å². The third-order valence-corrected chi connectivity index (χ3v) is 1.13. The van der Waals surface area contributed by atoms with Crippen LogP contribution in [0.3, 0.4) is 0 Å². The first kappa shape index (κ1) is 17.4. The second-order valence-electron chi connectivity index (χ2n) is 2.22. The fraction of sp³-hybridized carbons (Fsp3) is 0. The van der Waals surface area contributed by atoms with E-state index in [2.05, 4.69) is 22.9 Å². The largest absolute Gasteiger partial charge is 2.00 e. The first-order valence-corrected chi connectivity index (χ1v) is 3.65. The molecule has 0 saturated carbocycles. The topological polar surface area (TPSA) is 147 Å². The molecule has 16 heteroatoms. The number of rotatable bonds is 0. The summed E-state index contributed by atoms with van der Waals surface area (Å²) in [5, 5.41) is 39.0. The van der Waals surface area contributed by atoms with Gasteiger partial charge in [-0.3, -0.25) is 0 Å². The van der Waals surface area contributed by atoms with Crippen molar-refractivity contribution < 1.29 is 50.8 Å². The van der Waals surface area contributed by atoms with E-state index < -0.39 is 36.6 Å². The molecule has 0 aromatic rings. The van der Waals surface area contributed by atoms with Crippen molar-refractivity contribution in [2.24, 2.45) is 0 Å². The maximum atomic E-state index is 8.74. The quantitative estimate of drug-likeness (QED) is 0.275. The molecule has 0 aromatic carbocycles. The van der Waals surface area contributed by atoms with Crippen LogP contribution in [-0.4, -0.2) is 107 Å². The summed E-state index contributed by atoms with van der Waals surface area (Å²) in [7, 11) is -7.36. The first-order valence-electron chi connectivity index (χ1n) is 3.65. The summed E-state index contributed by atoms with van der Waals surface area (Å²) < 4.78 is 22.6. The zero-order chi connectivity index (χ0) is 11.4. The molecule has 0 aliphatic carbocycles. The first-order chi connectivity index (χ1) is 6.97. The third-order valence-electron chi connectivity index (χ3n) is 1.13. The minimum atomic E-state index is -2.17. The molecule has 2 heterocycles. The van der Waals surface area contributed by atoms with E-state index in [9.17, 15) is 0 Å². The van der Waals surface area contributed by atoms with E-state index in [1.807, 2.05) is 0 Å². The van der Waals surface area contributed by atoms with Gasteiger partial charge in [0, 0.05) is 0 Å². The second-order valence-corrected chi connectivity index (χ2v) is 2.22. The van der Waals surface area contributed by atoms with E-state index >= 15 is 0 Å². The molecule has 0 radical (unpaired) electrons. The van der Waals surface area contributed by atoms with Crippen LogP contribution in [0.15, 0.2) is 0 Å². The Morgan fingerprint density at radius 3 is 1.25 bits per heavy atom. The van der Waals surface area contributed by atoms with Crippen molar-refractivity contribution in [1.82, 2.24) is 0 Å². The Morgan fingerprint density at radius 1 is 0.750 bits per heavy atom. The second kappa shape index (κ2) is 8.50. The van der Waals surface area contributed by atoms with Crippen LogP contribution in [0.4, 0.5) is 0 Å². The predicted octanol–water partition coefficient (Wildman–Crippen LogP) is -5.19. The predicted molar refractivity (Wildman–Crippen MR) is 53.3 cm³/mol. The van der Waals surface area contributed by atoms with E-state index in [0.29, 0.717) is 0 Å². The van der Waals surface area contributed by atoms with Crippen molar-refractivity contribution in [2.45, 2.75) is 0 Å². The minimum Gasteiger partial charge on any atom is -1.00 e. The van der Waals surface area contributed by atoms with Crippen LogP contribution in [0.5, 0.6) is 0 Å². The summed E-state index contributed by atoms with van der Waals surface area (Å²) in [5.41, 5.74) is 0. The molecule has 0 unspecified atom stereocenters. The average Bonchev–Trinajstić information content (AvgIpc) is 1.98. The van der Waals surface area contributed by atoms with E-state index in [0.717, 1.165) is 0 Å². The molecule has 2 bridgehead atoms. The summed E-state index contributed by atoms with van der Waals surface area (Å²) in [6.07, 6.45) is 0. The SMILES string of the molecule is OB(O)O.OB1OB2OB(O)OB(O1)O2.[H-].[H-].[Sr+2]. The van der Waals surface area contributed by atoms with Crippen LogP contribution < -0.4 is 0 Å². The van der Waals surface area contributed by atoms with E-state index in [4.69, 9.17) is 25.1 Å². The van der Waals surface area contributed by atoms with Gasteiger partial charge in [0.05, 0.1) is 0 Å². The maximum Gasteiger partial charge on any atom is 2.00 e. The van der Waals surface area contributed by atoms with Crippen LogP contribution in [0.1, 0.15) is 2.85 Å². The molecule has 84 valence electrons. The Labute approximate surface area is 132 Å². The van der Waals surface area contributed by atoms with Crippen molar-refractivity contribution in [1.29, 1.82) is 0 Å². The van der Waals surface area contributed by atoms with Gasteiger partial charge < -0.3 is 50.8 Å². The zero-order valence-corrected chi connectivity index (χ0v) is 11.3. The van der Waals surface area contributed by atoms with Gasteiger partial charge in [-0.05, 0) is 0 Å². The molecule has 0 spiro atoms. The molecule has 2 aliphatic heterocycles. The molecule has 0 aromatic heterocycles. The van der Waals surface area contributed by atoms with Crippen LogP contribution in [-0.2, 0) is 22.9 Å². The van der Waals surface area contributed by atoms with Crippen molar-refractivity contribution in [3.05, 3.63) is 0 Å². The van der Waals surface area contributed by atoms with Gasteiger partial charge in [0.25, 0.3) is 0 Å². The Hall–Kier alpha value is 1.41. The van der Waals surface area contributed by atoms with Crippen molar-refractivity contribution in [3.8, 4) is 0 Å². The minimum absolute atomic E-state index is 0. The third kappa shape index (κ3) is 6.98. The molecule has 0 amide bonds. The monoisotopic (exact) mass is 310 g/mol. The van der Waals surface area contributed by atoms with Gasteiger partial charge in [0.15, 0.2) is 0 Å². The van der Waals surface area contributed by atoms with Crippen LogP contribution in [0, 0.1) is 0 Å². The van der Waals surface area contributed by atoms with Gasteiger partial charge in [-0.15, -0.1) is 0 Å². The van der Waals surface area contributed by atoms with Gasteiger partial charge in [-0.2, -0.15) is 0 Å². The van der Waals surface area contributed by atoms with Crippen LogP contribution in [0.2, 0.25) is 0 Å². The normalized spacial score (nSPS) is 18.6. The standard InChI is InChI=1S/B4H2O7.BH3O3.Sr.2H/c5-1-7-3-9-2(6)10-4(8-1)11-3;2-1(3)4;;;/h5-6H;2-4H;;;/q;;+2;2*-1. The molecule has 2 rings (SSSR count). The molecule has 0 atom stereocenters. The maximum absolute atomic E-state index is 8.74. The summed E-state index contributed by atoms with van der Waals surface area (Å²) in [6.45, 7) is 0. The molecule has 10 nitrogen and oxygen atoms in total. The van der Waals surface area contributed by atoms with Gasteiger partial charge in [0.2, 0.25) is 0 Å². The molecular formula is H7B5O10Sr. The Balaban J connectivity index is -0.000000289.